The van der Waals surface area contributed by atoms with Gasteiger partial charge in [-0.2, -0.15) is 0 Å². The lowest BCUT2D eigenvalue weighted by Gasteiger charge is -2.03. The van der Waals surface area contributed by atoms with E-state index in [-0.39, 0.29) is 0 Å². The van der Waals surface area contributed by atoms with Gasteiger partial charge in [0.1, 0.15) is 0 Å². The molecular weight excluding hydrogens is 192 g/mol. The molecular formula is C16H16. The number of terminal acetylenes is 1. The van der Waals surface area contributed by atoms with Crippen molar-refractivity contribution in [3.05, 3.63) is 48.0 Å². The molecule has 0 aliphatic carbocycles. The highest BCUT2D eigenvalue weighted by atomic mass is 14.0. The molecule has 0 nitrogen and oxygen atoms in total. The van der Waals surface area contributed by atoms with Gasteiger partial charge in [0, 0.05) is 6.42 Å². The number of fused-ring (bicyclic) bond motifs is 1. The summed E-state index contributed by atoms with van der Waals surface area (Å²) in [6.45, 7) is 0. The summed E-state index contributed by atoms with van der Waals surface area (Å²) >= 11 is 0. The van der Waals surface area contributed by atoms with E-state index >= 15 is 0 Å². The van der Waals surface area contributed by atoms with Crippen molar-refractivity contribution in [1.82, 2.24) is 0 Å². The Labute approximate surface area is 97.3 Å². The Hall–Kier alpha value is -1.74. The van der Waals surface area contributed by atoms with Gasteiger partial charge >= 0.3 is 0 Å². The third kappa shape index (κ3) is 2.64. The van der Waals surface area contributed by atoms with Crippen LogP contribution >= 0.6 is 0 Å². The Kier molecular flexibility index (Phi) is 3.62. The standard InChI is InChI=1S/C16H16/c1-2-3-4-5-8-14-11-12-15-9-6-7-10-16(15)13-14/h1,6-7,9-13H,3-5,8H2. The molecule has 0 atom stereocenters. The molecule has 0 spiro atoms. The summed E-state index contributed by atoms with van der Waals surface area (Å²) in [6, 6.07) is 15.2. The highest BCUT2D eigenvalue weighted by Crippen LogP contribution is 2.17. The van der Waals surface area contributed by atoms with Crippen LogP contribution in [0, 0.1) is 12.3 Å². The summed E-state index contributed by atoms with van der Waals surface area (Å²) in [5.41, 5.74) is 1.41. The average Bonchev–Trinajstić information content (AvgIpc) is 2.34. The van der Waals surface area contributed by atoms with E-state index in [1.54, 1.807) is 0 Å². The van der Waals surface area contributed by atoms with Gasteiger partial charge in [0.15, 0.2) is 0 Å². The highest BCUT2D eigenvalue weighted by molar-refractivity contribution is 5.82. The minimum absolute atomic E-state index is 0.896. The van der Waals surface area contributed by atoms with Gasteiger partial charge in [-0.1, -0.05) is 42.5 Å². The molecule has 0 amide bonds. The summed E-state index contributed by atoms with van der Waals surface area (Å²) < 4.78 is 0. The van der Waals surface area contributed by atoms with E-state index in [1.165, 1.54) is 22.8 Å². The molecule has 2 aromatic rings. The molecule has 0 aromatic heterocycles. The monoisotopic (exact) mass is 208 g/mol. The number of aryl methyl sites for hydroxylation is 1. The molecule has 0 heterocycles. The first-order chi connectivity index (χ1) is 7.90. The predicted molar refractivity (Wildman–Crippen MR) is 70.3 cm³/mol. The number of hydrogen-bond acceptors (Lipinski definition) is 0. The topological polar surface area (TPSA) is 0 Å². The SMILES string of the molecule is C#CCCCCc1ccc2ccccc2c1. The van der Waals surface area contributed by atoms with Gasteiger partial charge in [0.25, 0.3) is 0 Å². The van der Waals surface area contributed by atoms with Crippen molar-refractivity contribution < 1.29 is 0 Å². The van der Waals surface area contributed by atoms with E-state index in [9.17, 15) is 0 Å². The van der Waals surface area contributed by atoms with Crippen LogP contribution in [0.15, 0.2) is 42.5 Å². The Morgan fingerprint density at radius 1 is 0.938 bits per heavy atom. The molecule has 0 aliphatic rings. The van der Waals surface area contributed by atoms with Crippen molar-refractivity contribution in [2.24, 2.45) is 0 Å². The fraction of sp³-hybridized carbons (Fsp3) is 0.250. The van der Waals surface area contributed by atoms with Gasteiger partial charge in [-0.15, -0.1) is 12.3 Å². The molecule has 0 saturated carbocycles. The number of unbranched alkanes of at least 4 members (excludes halogenated alkanes) is 2. The van der Waals surface area contributed by atoms with Crippen LogP contribution in [-0.4, -0.2) is 0 Å². The molecule has 16 heavy (non-hydrogen) atoms. The maximum Gasteiger partial charge on any atom is 0.00861 e. The highest BCUT2D eigenvalue weighted by Gasteiger charge is 1.96. The van der Waals surface area contributed by atoms with Gasteiger partial charge in [0.05, 0.1) is 0 Å². The number of benzene rings is 2. The number of hydrogen-bond donors (Lipinski definition) is 0. The molecule has 0 saturated heterocycles. The van der Waals surface area contributed by atoms with Crippen molar-refractivity contribution in [1.29, 1.82) is 0 Å². The quantitative estimate of drug-likeness (QED) is 0.522. The molecule has 2 rings (SSSR count). The van der Waals surface area contributed by atoms with E-state index < -0.39 is 0 Å². The average molecular weight is 208 g/mol. The van der Waals surface area contributed by atoms with Crippen molar-refractivity contribution in [2.45, 2.75) is 25.7 Å². The van der Waals surface area contributed by atoms with Crippen LogP contribution in [0.25, 0.3) is 10.8 Å². The summed E-state index contributed by atoms with van der Waals surface area (Å²) in [6.07, 6.45) is 9.57. The van der Waals surface area contributed by atoms with Crippen LogP contribution in [0.5, 0.6) is 0 Å². The first-order valence-corrected chi connectivity index (χ1v) is 5.81. The minimum Gasteiger partial charge on any atom is -0.120 e. The molecule has 0 N–H and O–H groups in total. The van der Waals surface area contributed by atoms with Crippen LogP contribution < -0.4 is 0 Å². The molecule has 80 valence electrons. The van der Waals surface area contributed by atoms with Gasteiger partial charge < -0.3 is 0 Å². The summed E-state index contributed by atoms with van der Waals surface area (Å²) in [4.78, 5) is 0. The fourth-order valence-electron chi connectivity index (χ4n) is 1.95. The van der Waals surface area contributed by atoms with E-state index in [0.29, 0.717) is 0 Å². The lowest BCUT2D eigenvalue weighted by Crippen LogP contribution is -1.85. The number of rotatable bonds is 4. The maximum atomic E-state index is 5.23. The van der Waals surface area contributed by atoms with Crippen LogP contribution in [-0.2, 0) is 6.42 Å². The second kappa shape index (κ2) is 5.37. The van der Waals surface area contributed by atoms with Crippen LogP contribution in [0.3, 0.4) is 0 Å². The predicted octanol–water partition coefficient (Wildman–Crippen LogP) is 4.19. The zero-order valence-corrected chi connectivity index (χ0v) is 9.45. The first kappa shape index (κ1) is 10.8. The van der Waals surface area contributed by atoms with Crippen LogP contribution in [0.2, 0.25) is 0 Å². The molecule has 0 fully saturated rings. The van der Waals surface area contributed by atoms with E-state index in [1.807, 2.05) is 0 Å². The lowest BCUT2D eigenvalue weighted by atomic mass is 10.0. The second-order valence-corrected chi connectivity index (χ2v) is 4.09. The molecule has 2 aromatic carbocycles. The Balaban J connectivity index is 2.05. The van der Waals surface area contributed by atoms with Gasteiger partial charge in [-0.05, 0) is 35.6 Å². The summed E-state index contributed by atoms with van der Waals surface area (Å²) in [7, 11) is 0. The van der Waals surface area contributed by atoms with Crippen LogP contribution in [0.4, 0.5) is 0 Å². The third-order valence-corrected chi connectivity index (χ3v) is 2.85. The van der Waals surface area contributed by atoms with Crippen molar-refractivity contribution in [3.63, 3.8) is 0 Å². The maximum absolute atomic E-state index is 5.23. The fourth-order valence-corrected chi connectivity index (χ4v) is 1.95. The smallest absolute Gasteiger partial charge is 0.00861 e. The molecule has 0 heteroatoms. The van der Waals surface area contributed by atoms with Gasteiger partial charge in [0.2, 0.25) is 0 Å². The zero-order valence-electron chi connectivity index (χ0n) is 9.45. The Morgan fingerprint density at radius 3 is 2.56 bits per heavy atom. The van der Waals surface area contributed by atoms with Crippen LogP contribution in [0.1, 0.15) is 24.8 Å². The van der Waals surface area contributed by atoms with Crippen molar-refractivity contribution in [3.8, 4) is 12.3 Å². The normalized spacial score (nSPS) is 10.2. The molecule has 0 unspecified atom stereocenters. The van der Waals surface area contributed by atoms with Gasteiger partial charge in [-0.25, -0.2) is 0 Å². The van der Waals surface area contributed by atoms with E-state index in [0.717, 1.165) is 19.3 Å². The third-order valence-electron chi connectivity index (χ3n) is 2.85. The Bertz CT molecular complexity index is 503. The van der Waals surface area contributed by atoms with Crippen molar-refractivity contribution in [2.75, 3.05) is 0 Å². The largest absolute Gasteiger partial charge is 0.120 e. The van der Waals surface area contributed by atoms with Crippen molar-refractivity contribution >= 4 is 10.8 Å². The molecule has 0 aliphatic heterocycles. The molecule has 0 bridgehead atoms. The van der Waals surface area contributed by atoms with E-state index in [4.69, 9.17) is 6.42 Å². The summed E-state index contributed by atoms with van der Waals surface area (Å²) in [5.74, 6) is 2.68. The Morgan fingerprint density at radius 2 is 1.75 bits per heavy atom. The second-order valence-electron chi connectivity index (χ2n) is 4.09. The lowest BCUT2D eigenvalue weighted by molar-refractivity contribution is 0.757. The summed E-state index contributed by atoms with van der Waals surface area (Å²) in [5, 5.41) is 2.65. The molecule has 0 radical (unpaired) electrons. The minimum atomic E-state index is 0.896. The van der Waals surface area contributed by atoms with Gasteiger partial charge in [-0.3, -0.25) is 0 Å². The zero-order chi connectivity index (χ0) is 11.2. The van der Waals surface area contributed by atoms with E-state index in [2.05, 4.69) is 48.4 Å². The first-order valence-electron chi connectivity index (χ1n) is 5.81.